The number of benzene rings is 1. The molecule has 0 saturated heterocycles. The molecule has 0 saturated carbocycles. The lowest BCUT2D eigenvalue weighted by atomic mass is 9.99. The Kier molecular flexibility index (Phi) is 5.30. The first-order valence-corrected chi connectivity index (χ1v) is 9.98. The molecule has 2 aromatic rings. The number of nitrogens with zero attached hydrogens (tertiary/aromatic N) is 2. The topological polar surface area (TPSA) is 63.3 Å². The van der Waals surface area contributed by atoms with Crippen LogP contribution in [0.1, 0.15) is 48.3 Å². The standard InChI is InChI=1S/C20H23ClN4S/c1-5-15-19(23)25(16(22)6-2)20-17(11(3)12(4)26-20)18(24-15)13-7-9-14(21)10-8-13/h7-10,15,22-23H,5-6H2,1-4H3/t15-/m0/s1. The molecule has 6 heteroatoms. The zero-order valence-electron chi connectivity index (χ0n) is 15.5. The number of fused-ring (bicyclic) bond motifs is 1. The Morgan fingerprint density at radius 1 is 1.23 bits per heavy atom. The number of rotatable bonds is 3. The third-order valence-corrected chi connectivity index (χ3v) is 6.20. The molecule has 1 aliphatic rings. The number of hydrogen-bond donors (Lipinski definition) is 2. The maximum atomic E-state index is 8.74. The summed E-state index contributed by atoms with van der Waals surface area (Å²) >= 11 is 7.71. The van der Waals surface area contributed by atoms with Crippen molar-refractivity contribution in [2.24, 2.45) is 4.99 Å². The summed E-state index contributed by atoms with van der Waals surface area (Å²) in [7, 11) is 0. The van der Waals surface area contributed by atoms with Gasteiger partial charge < -0.3 is 0 Å². The van der Waals surface area contributed by atoms with Gasteiger partial charge in [0, 0.05) is 27.4 Å². The van der Waals surface area contributed by atoms with E-state index in [1.54, 1.807) is 16.2 Å². The number of halogens is 1. The molecule has 2 heterocycles. The van der Waals surface area contributed by atoms with Gasteiger partial charge in [0.2, 0.25) is 0 Å². The van der Waals surface area contributed by atoms with Gasteiger partial charge >= 0.3 is 0 Å². The average molecular weight is 387 g/mol. The molecule has 0 bridgehead atoms. The molecule has 26 heavy (non-hydrogen) atoms. The lowest BCUT2D eigenvalue weighted by Crippen LogP contribution is -2.40. The fourth-order valence-electron chi connectivity index (χ4n) is 3.12. The highest BCUT2D eigenvalue weighted by Gasteiger charge is 2.33. The second-order valence-electron chi connectivity index (χ2n) is 6.39. The van der Waals surface area contributed by atoms with E-state index < -0.39 is 0 Å². The van der Waals surface area contributed by atoms with Gasteiger partial charge in [-0.25, -0.2) is 0 Å². The molecule has 1 atom stereocenters. The normalized spacial score (nSPS) is 17.0. The quantitative estimate of drug-likeness (QED) is 0.506. The fourth-order valence-corrected chi connectivity index (χ4v) is 4.45. The lowest BCUT2D eigenvalue weighted by molar-refractivity contribution is 0.809. The van der Waals surface area contributed by atoms with Crippen molar-refractivity contribution in [3.63, 3.8) is 0 Å². The highest BCUT2D eigenvalue weighted by Crippen LogP contribution is 2.40. The molecule has 3 rings (SSSR count). The number of amidine groups is 2. The maximum absolute atomic E-state index is 8.74. The summed E-state index contributed by atoms with van der Waals surface area (Å²) in [6.45, 7) is 8.17. The van der Waals surface area contributed by atoms with E-state index in [2.05, 4.69) is 13.8 Å². The summed E-state index contributed by atoms with van der Waals surface area (Å²) in [5, 5.41) is 18.8. The maximum Gasteiger partial charge on any atom is 0.132 e. The third-order valence-electron chi connectivity index (χ3n) is 4.76. The van der Waals surface area contributed by atoms with Crippen molar-refractivity contribution in [1.29, 1.82) is 10.8 Å². The molecule has 0 radical (unpaired) electrons. The van der Waals surface area contributed by atoms with Crippen LogP contribution in [-0.2, 0) is 0 Å². The number of thiophene rings is 1. The summed E-state index contributed by atoms with van der Waals surface area (Å²) < 4.78 is 0. The fraction of sp³-hybridized carbons (Fsp3) is 0.350. The van der Waals surface area contributed by atoms with Crippen LogP contribution < -0.4 is 4.90 Å². The van der Waals surface area contributed by atoms with Gasteiger partial charge in [-0.15, -0.1) is 11.3 Å². The van der Waals surface area contributed by atoms with Crippen molar-refractivity contribution in [1.82, 2.24) is 0 Å². The smallest absolute Gasteiger partial charge is 0.132 e. The Hall–Kier alpha value is -1.98. The summed E-state index contributed by atoms with van der Waals surface area (Å²) in [6, 6.07) is 7.43. The molecule has 0 fully saturated rings. The number of aryl methyl sites for hydroxylation is 1. The van der Waals surface area contributed by atoms with Crippen LogP contribution >= 0.6 is 22.9 Å². The molecule has 136 valence electrons. The zero-order chi connectivity index (χ0) is 19.0. The predicted molar refractivity (Wildman–Crippen MR) is 113 cm³/mol. The number of anilines is 1. The molecule has 0 unspecified atom stereocenters. The van der Waals surface area contributed by atoms with Crippen molar-refractivity contribution < 1.29 is 0 Å². The van der Waals surface area contributed by atoms with Gasteiger partial charge in [-0.1, -0.05) is 37.6 Å². The molecule has 4 nitrogen and oxygen atoms in total. The van der Waals surface area contributed by atoms with Crippen LogP contribution in [0.3, 0.4) is 0 Å². The molecular formula is C20H23ClN4S. The minimum atomic E-state index is -0.271. The van der Waals surface area contributed by atoms with Crippen LogP contribution in [0.4, 0.5) is 5.00 Å². The first kappa shape index (κ1) is 18.8. The van der Waals surface area contributed by atoms with Gasteiger partial charge in [0.15, 0.2) is 0 Å². The molecule has 0 amide bonds. The Bertz CT molecular complexity index is 895. The van der Waals surface area contributed by atoms with Gasteiger partial charge in [-0.2, -0.15) is 0 Å². The largest absolute Gasteiger partial charge is 0.288 e. The van der Waals surface area contributed by atoms with Crippen LogP contribution in [0.2, 0.25) is 5.02 Å². The lowest BCUT2D eigenvalue weighted by Gasteiger charge is -2.25. The predicted octanol–water partition coefficient (Wildman–Crippen LogP) is 5.82. The van der Waals surface area contributed by atoms with Crippen LogP contribution in [0, 0.1) is 24.7 Å². The van der Waals surface area contributed by atoms with E-state index in [1.165, 1.54) is 4.88 Å². The number of aliphatic imine (C=N–C) groups is 1. The first-order valence-electron chi connectivity index (χ1n) is 8.79. The summed E-state index contributed by atoms with van der Waals surface area (Å²) in [5.74, 6) is 0.814. The molecule has 0 spiro atoms. The zero-order valence-corrected chi connectivity index (χ0v) is 17.1. The Morgan fingerprint density at radius 2 is 1.88 bits per heavy atom. The van der Waals surface area contributed by atoms with Crippen molar-refractivity contribution in [2.75, 3.05) is 4.90 Å². The van der Waals surface area contributed by atoms with E-state index in [0.29, 0.717) is 23.1 Å². The van der Waals surface area contributed by atoms with Crippen LogP contribution in [-0.4, -0.2) is 23.4 Å². The van der Waals surface area contributed by atoms with Gasteiger partial charge in [-0.05, 0) is 38.0 Å². The van der Waals surface area contributed by atoms with Crippen molar-refractivity contribution in [3.05, 3.63) is 50.9 Å². The Labute approximate surface area is 163 Å². The van der Waals surface area contributed by atoms with Crippen LogP contribution in [0.5, 0.6) is 0 Å². The average Bonchev–Trinajstić information content (AvgIpc) is 2.84. The van der Waals surface area contributed by atoms with E-state index >= 15 is 0 Å². The Balaban J connectivity index is 2.30. The molecule has 2 N–H and O–H groups in total. The Morgan fingerprint density at radius 3 is 2.46 bits per heavy atom. The van der Waals surface area contributed by atoms with E-state index in [1.807, 2.05) is 38.1 Å². The van der Waals surface area contributed by atoms with E-state index in [4.69, 9.17) is 27.4 Å². The SMILES string of the molecule is CCC(=N)N1C(=N)[C@H](CC)N=C(c2ccc(Cl)cc2)c2c1sc(C)c2C. The van der Waals surface area contributed by atoms with E-state index in [9.17, 15) is 0 Å². The molecular weight excluding hydrogens is 364 g/mol. The first-order chi connectivity index (χ1) is 12.4. The van der Waals surface area contributed by atoms with Crippen molar-refractivity contribution in [3.8, 4) is 0 Å². The second kappa shape index (κ2) is 7.33. The molecule has 1 aromatic heterocycles. The number of hydrogen-bond acceptors (Lipinski definition) is 4. The molecule has 1 aliphatic heterocycles. The van der Waals surface area contributed by atoms with E-state index in [-0.39, 0.29) is 6.04 Å². The molecule has 1 aromatic carbocycles. The van der Waals surface area contributed by atoms with Gasteiger partial charge in [0.05, 0.1) is 5.71 Å². The highest BCUT2D eigenvalue weighted by molar-refractivity contribution is 7.17. The van der Waals surface area contributed by atoms with Crippen LogP contribution in [0.15, 0.2) is 29.3 Å². The monoisotopic (exact) mass is 386 g/mol. The number of nitrogens with one attached hydrogen (secondary N) is 2. The van der Waals surface area contributed by atoms with Gasteiger partial charge in [-0.3, -0.25) is 20.7 Å². The van der Waals surface area contributed by atoms with Crippen molar-refractivity contribution >= 4 is 45.3 Å². The highest BCUT2D eigenvalue weighted by atomic mass is 35.5. The summed E-state index contributed by atoms with van der Waals surface area (Å²) in [5.41, 5.74) is 4.08. The molecule has 0 aliphatic carbocycles. The second-order valence-corrected chi connectivity index (χ2v) is 8.03. The minimum Gasteiger partial charge on any atom is -0.288 e. The van der Waals surface area contributed by atoms with Gasteiger partial charge in [0.25, 0.3) is 0 Å². The summed E-state index contributed by atoms with van der Waals surface area (Å²) in [4.78, 5) is 7.96. The van der Waals surface area contributed by atoms with Gasteiger partial charge in [0.1, 0.15) is 22.7 Å². The minimum absolute atomic E-state index is 0.271. The summed E-state index contributed by atoms with van der Waals surface area (Å²) in [6.07, 6.45) is 1.29. The van der Waals surface area contributed by atoms with Crippen LogP contribution in [0.25, 0.3) is 0 Å². The van der Waals surface area contributed by atoms with Crippen molar-refractivity contribution in [2.45, 2.75) is 46.6 Å². The van der Waals surface area contributed by atoms with E-state index in [0.717, 1.165) is 33.8 Å². The third kappa shape index (κ3) is 3.10.